The molecule has 0 atom stereocenters. The topological polar surface area (TPSA) is 171 Å². The molecule has 0 fully saturated rings. The van der Waals surface area contributed by atoms with E-state index in [0.29, 0.717) is 48.7 Å². The summed E-state index contributed by atoms with van der Waals surface area (Å²) in [5.74, 6) is -1.96. The van der Waals surface area contributed by atoms with Crippen LogP contribution in [0.25, 0.3) is 0 Å². The minimum atomic E-state index is -0.589. The minimum Gasteiger partial charge on any atom is -0.507 e. The normalized spacial score (nSPS) is 12.0. The van der Waals surface area contributed by atoms with Crippen molar-refractivity contribution >= 4 is 35.4 Å². The first-order valence-electron chi connectivity index (χ1n) is 13.7. The first-order valence-corrected chi connectivity index (χ1v) is 13.7. The summed E-state index contributed by atoms with van der Waals surface area (Å²) in [6.45, 7) is 1.40. The number of nitrogens with one attached hydrogen (secondary N) is 2. The summed E-state index contributed by atoms with van der Waals surface area (Å²) in [6.07, 6.45) is 3.36. The van der Waals surface area contributed by atoms with E-state index in [2.05, 4.69) is 32.8 Å². The van der Waals surface area contributed by atoms with E-state index in [1.165, 1.54) is 12.1 Å². The molecule has 0 heterocycles. The Hall–Kier alpha value is -6.26. The molecule has 0 amide bonds. The summed E-state index contributed by atoms with van der Waals surface area (Å²) in [5.41, 5.74) is 3.27. The third-order valence-corrected chi connectivity index (χ3v) is 6.95. The summed E-state index contributed by atoms with van der Waals surface area (Å²) in [6, 6.07) is 23.9. The van der Waals surface area contributed by atoms with Gasteiger partial charge in [0.2, 0.25) is 11.6 Å². The van der Waals surface area contributed by atoms with Crippen LogP contribution < -0.4 is 10.6 Å². The van der Waals surface area contributed by atoms with E-state index in [1.54, 1.807) is 73.1 Å². The third-order valence-electron chi connectivity index (χ3n) is 6.95. The fourth-order valence-electron chi connectivity index (χ4n) is 4.80. The van der Waals surface area contributed by atoms with Crippen molar-refractivity contribution in [1.82, 2.24) is 0 Å². The Morgan fingerprint density at radius 1 is 0.591 bits per heavy atom. The molecule has 10 heteroatoms. The van der Waals surface area contributed by atoms with Crippen molar-refractivity contribution in [2.45, 2.75) is 0 Å². The second-order valence-corrected chi connectivity index (χ2v) is 9.81. The number of hydrogen-bond donors (Lipinski definition) is 4. The molecule has 0 unspecified atom stereocenters. The lowest BCUT2D eigenvalue weighted by molar-refractivity contribution is 0.0975. The number of anilines is 2. The number of aromatic hydroxyl groups is 2. The number of nitriles is 2. The Balaban J connectivity index is 1.35. The van der Waals surface area contributed by atoms with Gasteiger partial charge in [-0.2, -0.15) is 10.5 Å². The zero-order chi connectivity index (χ0) is 31.1. The van der Waals surface area contributed by atoms with E-state index < -0.39 is 23.1 Å². The molecule has 1 aliphatic rings. The first-order chi connectivity index (χ1) is 21.4. The number of hydrogen-bond acceptors (Lipinski definition) is 10. The van der Waals surface area contributed by atoms with Crippen LogP contribution in [0.2, 0.25) is 0 Å². The van der Waals surface area contributed by atoms with Crippen LogP contribution in [0.15, 0.2) is 82.8 Å². The van der Waals surface area contributed by atoms with Crippen LogP contribution in [0.3, 0.4) is 0 Å². The molecule has 4 aromatic carbocycles. The lowest BCUT2D eigenvalue weighted by Gasteiger charge is -2.24. The lowest BCUT2D eigenvalue weighted by Crippen LogP contribution is -2.25. The van der Waals surface area contributed by atoms with Gasteiger partial charge in [-0.05, 0) is 59.7 Å². The van der Waals surface area contributed by atoms with Gasteiger partial charge in [0, 0.05) is 36.9 Å². The second kappa shape index (κ2) is 13.1. The highest BCUT2D eigenvalue weighted by Crippen LogP contribution is 2.42. The summed E-state index contributed by atoms with van der Waals surface area (Å²) in [4.78, 5) is 36.2. The first kappa shape index (κ1) is 29.2. The van der Waals surface area contributed by atoms with Gasteiger partial charge < -0.3 is 20.8 Å². The fourth-order valence-corrected chi connectivity index (χ4v) is 4.80. The van der Waals surface area contributed by atoms with Gasteiger partial charge in [-0.15, -0.1) is 0 Å². The van der Waals surface area contributed by atoms with E-state index in [9.17, 15) is 19.8 Å². The van der Waals surface area contributed by atoms with Crippen molar-refractivity contribution in [3.8, 4) is 23.6 Å². The number of benzene rings is 4. The molecule has 10 nitrogen and oxygen atoms in total. The van der Waals surface area contributed by atoms with Gasteiger partial charge in [0.05, 0.1) is 58.6 Å². The number of aliphatic imine (C=N–C) groups is 2. The number of nitrogens with zero attached hydrogens (tertiary/aromatic N) is 4. The number of rotatable bonds is 10. The highest BCUT2D eigenvalue weighted by Gasteiger charge is 2.37. The monoisotopic (exact) mass is 582 g/mol. The number of carbonyl (C=O) groups is 2. The van der Waals surface area contributed by atoms with Crippen LogP contribution in [0, 0.1) is 22.7 Å². The van der Waals surface area contributed by atoms with E-state index >= 15 is 0 Å². The van der Waals surface area contributed by atoms with Crippen molar-refractivity contribution in [1.29, 1.82) is 10.5 Å². The Kier molecular flexibility index (Phi) is 8.74. The van der Waals surface area contributed by atoms with Crippen molar-refractivity contribution in [2.75, 3.05) is 36.8 Å². The number of carbonyl (C=O) groups excluding carboxylic acids is 2. The lowest BCUT2D eigenvalue weighted by atomic mass is 9.81. The highest BCUT2D eigenvalue weighted by molar-refractivity contribution is 6.33. The molecule has 0 saturated heterocycles. The molecule has 0 radical (unpaired) electrons. The molecule has 5 rings (SSSR count). The fraction of sp³-hybridized carbons (Fsp3) is 0.118. The summed E-state index contributed by atoms with van der Waals surface area (Å²) in [5, 5.41) is 45.2. The van der Waals surface area contributed by atoms with Crippen molar-refractivity contribution in [3.05, 3.63) is 117 Å². The van der Waals surface area contributed by atoms with Crippen LogP contribution >= 0.6 is 0 Å². The van der Waals surface area contributed by atoms with E-state index in [4.69, 9.17) is 10.5 Å². The van der Waals surface area contributed by atoms with Crippen LogP contribution in [0.1, 0.15) is 54.1 Å². The molecule has 0 bridgehead atoms. The maximum Gasteiger partial charge on any atom is 0.200 e. The zero-order valence-electron chi connectivity index (χ0n) is 23.4. The molecule has 4 N–H and O–H groups in total. The number of phenols is 2. The SMILES string of the molecule is N#Cc1ccc(C=NCCNc2ccc(NCCN=Cc3ccc(C#N)cc3)c3c2C(=O)c2c(O)ccc(O)c2C3=O)cc1. The second-order valence-electron chi connectivity index (χ2n) is 9.81. The highest BCUT2D eigenvalue weighted by atomic mass is 16.3. The van der Waals surface area contributed by atoms with Crippen LogP contribution in [-0.2, 0) is 0 Å². The Morgan fingerprint density at radius 2 is 0.977 bits per heavy atom. The van der Waals surface area contributed by atoms with Gasteiger partial charge in [0.25, 0.3) is 0 Å². The largest absolute Gasteiger partial charge is 0.507 e. The van der Waals surface area contributed by atoms with Crippen molar-refractivity contribution in [3.63, 3.8) is 0 Å². The van der Waals surface area contributed by atoms with Gasteiger partial charge in [0.15, 0.2) is 0 Å². The molecule has 44 heavy (non-hydrogen) atoms. The molecular weight excluding hydrogens is 556 g/mol. The molecular formula is C34H26N6O4. The predicted molar refractivity (Wildman–Crippen MR) is 167 cm³/mol. The Bertz CT molecular complexity index is 1740. The van der Waals surface area contributed by atoms with E-state index in [-0.39, 0.29) is 22.3 Å². The van der Waals surface area contributed by atoms with Crippen LogP contribution in [-0.4, -0.2) is 60.4 Å². The minimum absolute atomic E-state index is 0.0885. The quantitative estimate of drug-likeness (QED) is 0.104. The summed E-state index contributed by atoms with van der Waals surface area (Å²) in [7, 11) is 0. The maximum absolute atomic E-state index is 13.7. The Labute approximate surface area is 253 Å². The smallest absolute Gasteiger partial charge is 0.200 e. The molecule has 0 aliphatic heterocycles. The van der Waals surface area contributed by atoms with Crippen molar-refractivity contribution in [2.24, 2.45) is 9.98 Å². The average molecular weight is 583 g/mol. The van der Waals surface area contributed by atoms with Crippen LogP contribution in [0.4, 0.5) is 11.4 Å². The third kappa shape index (κ3) is 6.15. The van der Waals surface area contributed by atoms with E-state index in [0.717, 1.165) is 11.1 Å². The number of fused-ring (bicyclic) bond motifs is 2. The summed E-state index contributed by atoms with van der Waals surface area (Å²) >= 11 is 0. The van der Waals surface area contributed by atoms with E-state index in [1.807, 2.05) is 0 Å². The van der Waals surface area contributed by atoms with Crippen LogP contribution in [0.5, 0.6) is 11.5 Å². The van der Waals surface area contributed by atoms with Gasteiger partial charge in [-0.25, -0.2) is 0 Å². The molecule has 4 aromatic rings. The predicted octanol–water partition coefficient (Wildman–Crippen LogP) is 4.68. The molecule has 0 saturated carbocycles. The van der Waals surface area contributed by atoms with Crippen molar-refractivity contribution < 1.29 is 19.8 Å². The molecule has 0 aromatic heterocycles. The molecule has 216 valence electrons. The standard InChI is InChI=1S/C34H26N6O4/c35-17-21-1-5-23(6-2-21)19-37-13-15-39-25-9-10-26(40-16-14-38-20-24-7-3-22(18-36)4-8-24)30-29(25)33(43)31-27(41)11-12-28(42)32(31)34(30)44/h1-12,19-20,39-42H,13-16H2. The van der Waals surface area contributed by atoms with Gasteiger partial charge in [0.1, 0.15) is 11.5 Å². The number of phenolic OH excluding ortho intramolecular Hbond substituents is 2. The summed E-state index contributed by atoms with van der Waals surface area (Å²) < 4.78 is 0. The zero-order valence-corrected chi connectivity index (χ0v) is 23.4. The van der Waals surface area contributed by atoms with Gasteiger partial charge in [-0.1, -0.05) is 24.3 Å². The Morgan fingerprint density at radius 3 is 1.34 bits per heavy atom. The average Bonchev–Trinajstić information content (AvgIpc) is 3.05. The maximum atomic E-state index is 13.7. The van der Waals surface area contributed by atoms with Gasteiger partial charge >= 0.3 is 0 Å². The van der Waals surface area contributed by atoms with Gasteiger partial charge in [-0.3, -0.25) is 19.6 Å². The number of ketones is 2. The molecule has 1 aliphatic carbocycles. The molecule has 0 spiro atoms.